The first kappa shape index (κ1) is 29.6. The molecule has 2 aliphatic heterocycles. The van der Waals surface area contributed by atoms with Gasteiger partial charge in [-0.1, -0.05) is 75.9 Å². The number of halogens is 4. The highest BCUT2D eigenvalue weighted by Crippen LogP contribution is 2.62. The first-order chi connectivity index (χ1) is 21.1. The molecule has 8 nitrogen and oxygen atoms in total. The van der Waals surface area contributed by atoms with E-state index in [9.17, 15) is 19.2 Å². The van der Waals surface area contributed by atoms with E-state index in [4.69, 9.17) is 9.47 Å². The maximum atomic E-state index is 13.6. The van der Waals surface area contributed by atoms with Gasteiger partial charge in [-0.15, -0.1) is 0 Å². The van der Waals surface area contributed by atoms with Crippen LogP contribution in [0.2, 0.25) is 0 Å². The summed E-state index contributed by atoms with van der Waals surface area (Å²) in [6.07, 6.45) is 1.73. The summed E-state index contributed by atoms with van der Waals surface area (Å²) in [5.74, 6) is -0.624. The van der Waals surface area contributed by atoms with Crippen molar-refractivity contribution in [3.05, 3.63) is 36.4 Å². The van der Waals surface area contributed by atoms with Crippen LogP contribution in [0.5, 0.6) is 11.5 Å². The molecule has 4 saturated carbocycles. The fourth-order valence-corrected chi connectivity index (χ4v) is 13.0. The maximum absolute atomic E-state index is 13.6. The third-order valence-electron chi connectivity index (χ3n) is 11.1. The number of nitrogens with zero attached hydrogens (tertiary/aromatic N) is 2. The second kappa shape index (κ2) is 10.4. The van der Waals surface area contributed by atoms with Gasteiger partial charge in [0.05, 0.1) is 49.3 Å². The molecule has 8 rings (SSSR count). The zero-order valence-corrected chi connectivity index (χ0v) is 30.0. The van der Waals surface area contributed by atoms with Crippen molar-refractivity contribution < 1.29 is 28.7 Å². The number of anilines is 2. The molecule has 2 heterocycles. The summed E-state index contributed by atoms with van der Waals surface area (Å²) in [5.41, 5.74) is 2.42. The Labute approximate surface area is 288 Å². The number of hydrogen-bond acceptors (Lipinski definition) is 6. The van der Waals surface area contributed by atoms with Gasteiger partial charge in [-0.2, -0.15) is 0 Å². The minimum atomic E-state index is -0.321. The Balaban J connectivity index is 1.10. The Hall–Kier alpha value is -1.76. The lowest BCUT2D eigenvalue weighted by Gasteiger charge is -2.28. The third-order valence-corrected chi connectivity index (χ3v) is 17.6. The topological polar surface area (TPSA) is 93.2 Å². The fourth-order valence-electron chi connectivity index (χ4n) is 9.26. The van der Waals surface area contributed by atoms with Crippen LogP contribution in [0.4, 0.5) is 11.4 Å². The van der Waals surface area contributed by atoms with Crippen LogP contribution in [0.15, 0.2) is 36.4 Å². The van der Waals surface area contributed by atoms with Crippen molar-refractivity contribution in [1.29, 1.82) is 0 Å². The average molecular weight is 856 g/mol. The second-order valence-electron chi connectivity index (χ2n) is 12.8. The molecule has 0 spiro atoms. The van der Waals surface area contributed by atoms with Gasteiger partial charge in [0.1, 0.15) is 11.5 Å². The van der Waals surface area contributed by atoms with Gasteiger partial charge >= 0.3 is 0 Å². The molecule has 6 aliphatic rings. The lowest BCUT2D eigenvalue weighted by molar-refractivity contribution is -0.124. The summed E-state index contributed by atoms with van der Waals surface area (Å²) >= 11 is 15.0. The normalized spacial score (nSPS) is 40.0. The molecule has 0 N–H and O–H groups in total. The van der Waals surface area contributed by atoms with Gasteiger partial charge in [-0.25, -0.2) is 9.80 Å². The van der Waals surface area contributed by atoms with Crippen LogP contribution in [0, 0.1) is 47.3 Å². The Kier molecular flexibility index (Phi) is 6.98. The largest absolute Gasteiger partial charge is 0.495 e. The van der Waals surface area contributed by atoms with E-state index in [1.165, 1.54) is 24.0 Å². The molecule has 230 valence electrons. The molecule has 44 heavy (non-hydrogen) atoms. The Morgan fingerprint density at radius 1 is 0.545 bits per heavy atom. The fraction of sp³-hybridized carbons (Fsp3) is 0.500. The standard InChI is InChI=1S/C32H28Br4N2O6/c1-43-19-7-11(3-5-17(19)37-29(39)21-13-9-14(22(21)30(37)40)26(34)25(13)33)12-4-6-18(20(8-12)44-2)38-31(41)23-15-10-16(24(23)32(38)42)28(36)27(15)35/h3-8,13-16,21-28H,9-10H2,1-2H3. The van der Waals surface area contributed by atoms with Crippen molar-refractivity contribution in [2.24, 2.45) is 47.3 Å². The summed E-state index contributed by atoms with van der Waals surface area (Å²) in [6.45, 7) is 0. The molecule has 2 saturated heterocycles. The van der Waals surface area contributed by atoms with Crippen LogP contribution in [-0.4, -0.2) is 57.2 Å². The number of methoxy groups -OCH3 is 2. The summed E-state index contributed by atoms with van der Waals surface area (Å²) in [4.78, 5) is 57.9. The minimum Gasteiger partial charge on any atom is -0.495 e. The zero-order valence-electron chi connectivity index (χ0n) is 23.7. The molecule has 2 aromatic rings. The number of alkyl halides is 4. The highest BCUT2D eigenvalue weighted by Gasteiger charge is 2.68. The van der Waals surface area contributed by atoms with E-state index in [1.54, 1.807) is 24.3 Å². The molecule has 0 aromatic heterocycles. The summed E-state index contributed by atoms with van der Waals surface area (Å²) in [6, 6.07) is 10.8. The maximum Gasteiger partial charge on any atom is 0.238 e. The Morgan fingerprint density at radius 3 is 1.11 bits per heavy atom. The van der Waals surface area contributed by atoms with Gasteiger partial charge in [0.15, 0.2) is 0 Å². The Bertz CT molecular complexity index is 1470. The van der Waals surface area contributed by atoms with Gasteiger partial charge < -0.3 is 9.47 Å². The number of carbonyl (C=O) groups is 4. The number of carbonyl (C=O) groups excluding carboxylic acids is 4. The predicted molar refractivity (Wildman–Crippen MR) is 178 cm³/mol. The van der Waals surface area contributed by atoms with Crippen LogP contribution in [-0.2, 0) is 19.2 Å². The van der Waals surface area contributed by atoms with Crippen molar-refractivity contribution >= 4 is 98.7 Å². The first-order valence-corrected chi connectivity index (χ1v) is 18.4. The third kappa shape index (κ3) is 3.77. The van der Waals surface area contributed by atoms with Gasteiger partial charge in [0.25, 0.3) is 0 Å². The number of benzene rings is 2. The molecule has 12 unspecified atom stereocenters. The number of imide groups is 2. The van der Waals surface area contributed by atoms with Crippen molar-refractivity contribution in [3.8, 4) is 22.6 Å². The average Bonchev–Trinajstić information content (AvgIpc) is 3.84. The van der Waals surface area contributed by atoms with Crippen LogP contribution in [0.25, 0.3) is 11.1 Å². The van der Waals surface area contributed by atoms with Crippen LogP contribution >= 0.6 is 63.7 Å². The van der Waals surface area contributed by atoms with E-state index in [2.05, 4.69) is 63.7 Å². The molecular formula is C32H28Br4N2O6. The highest BCUT2D eigenvalue weighted by molar-refractivity contribution is 9.12. The van der Waals surface area contributed by atoms with Crippen molar-refractivity contribution in [1.82, 2.24) is 0 Å². The molecule has 6 fully saturated rings. The molecule has 2 aromatic carbocycles. The van der Waals surface area contributed by atoms with E-state index in [-0.39, 0.29) is 90.3 Å². The lowest BCUT2D eigenvalue weighted by Crippen LogP contribution is -2.37. The van der Waals surface area contributed by atoms with E-state index < -0.39 is 0 Å². The van der Waals surface area contributed by atoms with Gasteiger partial charge in [0, 0.05) is 19.3 Å². The number of ether oxygens (including phenoxy) is 2. The van der Waals surface area contributed by atoms with Gasteiger partial charge in [0.2, 0.25) is 23.6 Å². The predicted octanol–water partition coefficient (Wildman–Crippen LogP) is 5.94. The van der Waals surface area contributed by atoms with Crippen LogP contribution < -0.4 is 19.3 Å². The summed E-state index contributed by atoms with van der Waals surface area (Å²) < 4.78 is 11.4. The molecule has 0 radical (unpaired) electrons. The minimum absolute atomic E-state index is 0.123. The van der Waals surface area contributed by atoms with E-state index >= 15 is 0 Å². The monoisotopic (exact) mass is 852 g/mol. The summed E-state index contributed by atoms with van der Waals surface area (Å²) in [5, 5.41) is 0. The zero-order chi connectivity index (χ0) is 30.9. The van der Waals surface area contributed by atoms with Crippen molar-refractivity contribution in [2.75, 3.05) is 24.0 Å². The molecule has 4 bridgehead atoms. The molecule has 4 aliphatic carbocycles. The number of amides is 4. The van der Waals surface area contributed by atoms with E-state index in [1.807, 2.05) is 12.1 Å². The number of rotatable bonds is 5. The van der Waals surface area contributed by atoms with Gasteiger partial charge in [-0.3, -0.25) is 19.2 Å². The van der Waals surface area contributed by atoms with Gasteiger partial charge in [-0.05, 0) is 71.9 Å². The Morgan fingerprint density at radius 2 is 0.841 bits per heavy atom. The second-order valence-corrected chi connectivity index (χ2v) is 17.0. The lowest BCUT2D eigenvalue weighted by atomic mass is 9.81. The first-order valence-electron chi connectivity index (χ1n) is 14.8. The van der Waals surface area contributed by atoms with Crippen LogP contribution in [0.3, 0.4) is 0 Å². The number of hydrogen-bond donors (Lipinski definition) is 0. The molecular weight excluding hydrogens is 828 g/mol. The van der Waals surface area contributed by atoms with E-state index in [0.717, 1.165) is 24.0 Å². The van der Waals surface area contributed by atoms with Crippen molar-refractivity contribution in [3.63, 3.8) is 0 Å². The SMILES string of the molecule is COc1cc(-c2ccc(N3C(=O)C4C5CC(C(Br)C5Br)C4C3=O)c(OC)c2)ccc1N1C(=O)C2C3CC(C(Br)C3Br)C2C1=O. The quantitative estimate of drug-likeness (QED) is 0.274. The van der Waals surface area contributed by atoms with Crippen LogP contribution in [0.1, 0.15) is 12.8 Å². The highest BCUT2D eigenvalue weighted by atomic mass is 79.9. The van der Waals surface area contributed by atoms with E-state index in [0.29, 0.717) is 22.9 Å². The molecule has 4 amide bonds. The summed E-state index contributed by atoms with van der Waals surface area (Å²) in [7, 11) is 3.04. The molecule has 12 atom stereocenters. The van der Waals surface area contributed by atoms with Crippen molar-refractivity contribution in [2.45, 2.75) is 32.2 Å². The molecule has 12 heteroatoms. The number of fused-ring (bicyclic) bond motifs is 10. The smallest absolute Gasteiger partial charge is 0.238 e.